The van der Waals surface area contributed by atoms with Crippen LogP contribution in [0.5, 0.6) is 5.88 Å². The van der Waals surface area contributed by atoms with Crippen molar-refractivity contribution in [2.24, 2.45) is 11.8 Å². The number of carbonyl (C=O) groups excluding carboxylic acids is 2. The molecule has 0 bridgehead atoms. The molecular weight excluding hydrogens is 470 g/mol. The van der Waals surface area contributed by atoms with Gasteiger partial charge in [-0.05, 0) is 31.7 Å². The summed E-state index contributed by atoms with van der Waals surface area (Å²) in [4.78, 5) is 42.2. The first kappa shape index (κ1) is 26.6. The fourth-order valence-corrected chi connectivity index (χ4v) is 4.86. The number of hydrogen-bond donors (Lipinski definition) is 1. The van der Waals surface area contributed by atoms with Gasteiger partial charge in [0.1, 0.15) is 17.4 Å². The summed E-state index contributed by atoms with van der Waals surface area (Å²) in [5, 5.41) is 9.86. The van der Waals surface area contributed by atoms with Crippen LogP contribution in [0.15, 0.2) is 30.9 Å². The van der Waals surface area contributed by atoms with Gasteiger partial charge in [-0.2, -0.15) is 0 Å². The molecule has 9 heteroatoms. The van der Waals surface area contributed by atoms with E-state index in [0.29, 0.717) is 23.6 Å². The van der Waals surface area contributed by atoms with Crippen molar-refractivity contribution in [3.8, 4) is 17.7 Å². The van der Waals surface area contributed by atoms with E-state index in [4.69, 9.17) is 4.74 Å². The average Bonchev–Trinajstić information content (AvgIpc) is 3.44. The summed E-state index contributed by atoms with van der Waals surface area (Å²) in [6.45, 7) is 4.22. The minimum Gasteiger partial charge on any atom is -0.472 e. The molecule has 1 saturated carbocycles. The van der Waals surface area contributed by atoms with E-state index in [1.165, 1.54) is 49.2 Å². The van der Waals surface area contributed by atoms with Crippen molar-refractivity contribution in [2.75, 3.05) is 26.7 Å². The molecule has 2 amide bonds. The van der Waals surface area contributed by atoms with Crippen LogP contribution in [0.3, 0.4) is 0 Å². The van der Waals surface area contributed by atoms with Crippen LogP contribution < -0.4 is 4.74 Å². The van der Waals surface area contributed by atoms with Crippen molar-refractivity contribution in [1.29, 1.82) is 0 Å². The quantitative estimate of drug-likeness (QED) is 0.602. The molecule has 0 radical (unpaired) electrons. The Hall–Kier alpha value is -3.51. The number of carbonyl (C=O) groups is 2. The summed E-state index contributed by atoms with van der Waals surface area (Å²) in [7, 11) is 1.68. The Morgan fingerprint density at radius 1 is 1.27 bits per heavy atom. The summed E-state index contributed by atoms with van der Waals surface area (Å²) in [6.07, 6.45) is 11.5. The minimum absolute atomic E-state index is 0.143. The van der Waals surface area contributed by atoms with Crippen molar-refractivity contribution in [1.82, 2.24) is 24.8 Å². The lowest BCUT2D eigenvalue weighted by molar-refractivity contribution is 0.0312. The third-order valence-electron chi connectivity index (χ3n) is 7.20. The van der Waals surface area contributed by atoms with Gasteiger partial charge in [-0.15, -0.1) is 0 Å². The van der Waals surface area contributed by atoms with Gasteiger partial charge in [0.2, 0.25) is 5.88 Å². The van der Waals surface area contributed by atoms with E-state index in [1.807, 2.05) is 13.8 Å². The van der Waals surface area contributed by atoms with Crippen LogP contribution in [0, 0.1) is 23.7 Å². The lowest BCUT2D eigenvalue weighted by Gasteiger charge is -2.37. The van der Waals surface area contributed by atoms with Gasteiger partial charge < -0.3 is 19.6 Å². The number of aliphatic hydroxyl groups is 1. The van der Waals surface area contributed by atoms with Crippen LogP contribution in [0.2, 0.25) is 0 Å². The number of aliphatic hydroxyl groups excluding tert-OH is 1. The zero-order valence-corrected chi connectivity index (χ0v) is 21.8. The molecule has 0 aromatic carbocycles. The zero-order valence-electron chi connectivity index (χ0n) is 21.8. The fraction of sp³-hybridized carbons (Fsp3) is 0.536. The first-order chi connectivity index (χ1) is 17.9. The van der Waals surface area contributed by atoms with Crippen molar-refractivity contribution < 1.29 is 19.4 Å². The van der Waals surface area contributed by atoms with E-state index in [2.05, 4.69) is 26.8 Å². The highest BCUT2D eigenvalue weighted by molar-refractivity contribution is 5.97. The molecule has 1 aliphatic heterocycles. The molecule has 37 heavy (non-hydrogen) atoms. The van der Waals surface area contributed by atoms with Crippen molar-refractivity contribution in [3.63, 3.8) is 0 Å². The number of aromatic nitrogens is 3. The van der Waals surface area contributed by atoms with Crippen molar-refractivity contribution in [2.45, 2.75) is 58.1 Å². The second-order valence-corrected chi connectivity index (χ2v) is 10.1. The second kappa shape index (κ2) is 12.2. The molecular formula is C28H35N5O4. The Morgan fingerprint density at radius 3 is 2.76 bits per heavy atom. The fourth-order valence-electron chi connectivity index (χ4n) is 4.86. The number of hydrogen-bond acceptors (Lipinski definition) is 7. The van der Waals surface area contributed by atoms with Crippen LogP contribution in [-0.4, -0.2) is 80.6 Å². The van der Waals surface area contributed by atoms with Gasteiger partial charge in [-0.3, -0.25) is 14.6 Å². The third-order valence-corrected chi connectivity index (χ3v) is 7.20. The highest BCUT2D eigenvalue weighted by Gasteiger charge is 2.35. The van der Waals surface area contributed by atoms with E-state index in [1.54, 1.807) is 24.2 Å². The van der Waals surface area contributed by atoms with Crippen LogP contribution in [-0.2, 0) is 0 Å². The van der Waals surface area contributed by atoms with Crippen molar-refractivity contribution >= 4 is 11.8 Å². The Morgan fingerprint density at radius 2 is 2.05 bits per heavy atom. The number of likely N-dealkylation sites (N-methyl/N-ethyl adjacent to an activating group) is 1. The summed E-state index contributed by atoms with van der Waals surface area (Å²) < 4.78 is 6.28. The molecule has 1 fully saturated rings. The number of fused-ring (bicyclic) bond motifs is 1. The van der Waals surface area contributed by atoms with Gasteiger partial charge in [0.15, 0.2) is 0 Å². The predicted octanol–water partition coefficient (Wildman–Crippen LogP) is 2.80. The molecule has 0 saturated heterocycles. The summed E-state index contributed by atoms with van der Waals surface area (Å²) in [5.74, 6) is 6.62. The SMILES string of the molecule is C[C@@H]1CN([C@@H](C)CO)C(=O)c2cc(C#CCC3CCCC3)cnc2O[C@H]1CN(C)C(=O)c1cnccn1. The normalized spacial score (nSPS) is 20.6. The van der Waals surface area contributed by atoms with Crippen LogP contribution in [0.4, 0.5) is 0 Å². The molecule has 2 aromatic rings. The third kappa shape index (κ3) is 6.44. The molecule has 1 aliphatic carbocycles. The van der Waals surface area contributed by atoms with Gasteiger partial charge >= 0.3 is 0 Å². The largest absolute Gasteiger partial charge is 0.472 e. The Labute approximate surface area is 218 Å². The predicted molar refractivity (Wildman–Crippen MR) is 138 cm³/mol. The Bertz CT molecular complexity index is 1160. The average molecular weight is 506 g/mol. The van der Waals surface area contributed by atoms with Gasteiger partial charge in [0, 0.05) is 50.1 Å². The molecule has 2 aromatic heterocycles. The lowest BCUT2D eigenvalue weighted by Crippen LogP contribution is -2.50. The zero-order chi connectivity index (χ0) is 26.4. The van der Waals surface area contributed by atoms with Gasteiger partial charge in [-0.25, -0.2) is 9.97 Å². The molecule has 9 nitrogen and oxygen atoms in total. The molecule has 3 atom stereocenters. The van der Waals surface area contributed by atoms with E-state index >= 15 is 0 Å². The Balaban J connectivity index is 1.59. The number of pyridine rings is 1. The number of nitrogens with zero attached hydrogens (tertiary/aromatic N) is 5. The standard InChI is InChI=1S/C28H35N5O4/c1-19-16-33(20(2)18-34)27(35)23-13-22(10-6-9-21-7-4-5-8-21)14-31-26(23)37-25(19)17-32(3)28(36)24-15-29-11-12-30-24/h11-15,19-21,25,34H,4-5,7-9,16-18H2,1-3H3/t19-,20+,25+/m1/s1. The first-order valence-electron chi connectivity index (χ1n) is 13.0. The smallest absolute Gasteiger partial charge is 0.273 e. The maximum atomic E-state index is 13.6. The van der Waals surface area contributed by atoms with E-state index in [0.717, 1.165) is 6.42 Å². The maximum Gasteiger partial charge on any atom is 0.273 e. The van der Waals surface area contributed by atoms with Crippen molar-refractivity contribution in [3.05, 3.63) is 47.7 Å². The van der Waals surface area contributed by atoms with E-state index in [-0.39, 0.29) is 42.5 Å². The molecule has 0 unspecified atom stereocenters. The van der Waals surface area contributed by atoms with E-state index < -0.39 is 12.1 Å². The summed E-state index contributed by atoms with van der Waals surface area (Å²) in [6, 6.07) is 1.34. The first-order valence-corrected chi connectivity index (χ1v) is 13.0. The monoisotopic (exact) mass is 505 g/mol. The molecule has 3 heterocycles. The molecule has 4 rings (SSSR count). The highest BCUT2D eigenvalue weighted by atomic mass is 16.5. The summed E-state index contributed by atoms with van der Waals surface area (Å²) in [5.41, 5.74) is 1.21. The number of amides is 2. The summed E-state index contributed by atoms with van der Waals surface area (Å²) >= 11 is 0. The molecule has 196 valence electrons. The second-order valence-electron chi connectivity index (χ2n) is 10.1. The highest BCUT2D eigenvalue weighted by Crippen LogP contribution is 2.28. The maximum absolute atomic E-state index is 13.6. The van der Waals surface area contributed by atoms with Crippen LogP contribution in [0.1, 0.15) is 72.4 Å². The Kier molecular flexibility index (Phi) is 8.72. The van der Waals surface area contributed by atoms with Crippen LogP contribution >= 0.6 is 0 Å². The molecule has 0 spiro atoms. The van der Waals surface area contributed by atoms with Gasteiger partial charge in [-0.1, -0.05) is 31.6 Å². The van der Waals surface area contributed by atoms with Gasteiger partial charge in [0.25, 0.3) is 11.8 Å². The van der Waals surface area contributed by atoms with Gasteiger partial charge in [0.05, 0.1) is 25.4 Å². The molecule has 1 N–H and O–H groups in total. The van der Waals surface area contributed by atoms with E-state index in [9.17, 15) is 14.7 Å². The number of ether oxygens (including phenoxy) is 1. The topological polar surface area (TPSA) is 109 Å². The minimum atomic E-state index is -0.447. The van der Waals surface area contributed by atoms with Crippen LogP contribution in [0.25, 0.3) is 0 Å². The lowest BCUT2D eigenvalue weighted by atomic mass is 9.99. The number of rotatable bonds is 6. The molecule has 2 aliphatic rings.